The number of carboxylic acid groups (broad SMARTS) is 1. The lowest BCUT2D eigenvalue weighted by Gasteiger charge is -2.31. The van der Waals surface area contributed by atoms with Gasteiger partial charge in [-0.05, 0) is 51.0 Å². The molecule has 20 heavy (non-hydrogen) atoms. The van der Waals surface area contributed by atoms with E-state index in [4.69, 9.17) is 5.11 Å². The molecule has 2 saturated carbocycles. The van der Waals surface area contributed by atoms with Gasteiger partial charge in [0.15, 0.2) is 0 Å². The Hall–Kier alpha value is -0.780. The highest BCUT2D eigenvalue weighted by Gasteiger charge is 2.41. The topological polar surface area (TPSA) is 49.3 Å². The van der Waals surface area contributed by atoms with Gasteiger partial charge in [-0.15, -0.1) is 0 Å². The first-order valence-corrected chi connectivity index (χ1v) is 7.41. The second-order valence-corrected chi connectivity index (χ2v) is 6.13. The van der Waals surface area contributed by atoms with Gasteiger partial charge in [-0.25, -0.2) is 0 Å². The zero-order valence-electron chi connectivity index (χ0n) is 11.5. The van der Waals surface area contributed by atoms with Crippen LogP contribution in [0.15, 0.2) is 0 Å². The van der Waals surface area contributed by atoms with E-state index in [0.717, 1.165) is 19.3 Å². The fraction of sp³-hybridized carbons (Fsp3) is 0.929. The third kappa shape index (κ3) is 3.87. The second-order valence-electron chi connectivity index (χ2n) is 6.13. The van der Waals surface area contributed by atoms with E-state index in [2.05, 4.69) is 5.32 Å². The molecule has 0 saturated heterocycles. The summed E-state index contributed by atoms with van der Waals surface area (Å²) >= 11 is 0. The van der Waals surface area contributed by atoms with Crippen molar-refractivity contribution in [1.82, 2.24) is 5.32 Å². The Morgan fingerprint density at radius 1 is 1.10 bits per heavy atom. The Kier molecular flexibility index (Phi) is 4.94. The maximum Gasteiger partial charge on any atom is 0.391 e. The summed E-state index contributed by atoms with van der Waals surface area (Å²) in [6.07, 6.45) is -0.0506. The van der Waals surface area contributed by atoms with Gasteiger partial charge in [0.25, 0.3) is 0 Å². The van der Waals surface area contributed by atoms with Crippen LogP contribution in [0.5, 0.6) is 0 Å². The molecule has 6 heteroatoms. The van der Waals surface area contributed by atoms with E-state index in [1.807, 2.05) is 0 Å². The summed E-state index contributed by atoms with van der Waals surface area (Å²) in [4.78, 5) is 11.1. The van der Waals surface area contributed by atoms with Crippen molar-refractivity contribution in [1.29, 1.82) is 0 Å². The summed E-state index contributed by atoms with van der Waals surface area (Å²) in [5.74, 6) is -2.05. The molecule has 2 atom stereocenters. The Morgan fingerprint density at radius 3 is 2.30 bits per heavy atom. The molecule has 0 aromatic rings. The highest BCUT2D eigenvalue weighted by molar-refractivity contribution is 5.70. The molecule has 116 valence electrons. The zero-order chi connectivity index (χ0) is 14.8. The molecule has 0 aromatic carbocycles. The largest absolute Gasteiger partial charge is 0.481 e. The predicted molar refractivity (Wildman–Crippen MR) is 68.3 cm³/mol. The van der Waals surface area contributed by atoms with Crippen LogP contribution in [0.2, 0.25) is 0 Å². The van der Waals surface area contributed by atoms with E-state index < -0.39 is 18.1 Å². The van der Waals surface area contributed by atoms with Gasteiger partial charge in [0.05, 0.1) is 11.8 Å². The van der Waals surface area contributed by atoms with Crippen LogP contribution in [-0.4, -0.2) is 29.8 Å². The van der Waals surface area contributed by atoms with Gasteiger partial charge in [-0.2, -0.15) is 13.2 Å². The molecule has 0 spiro atoms. The van der Waals surface area contributed by atoms with Crippen LogP contribution in [0.3, 0.4) is 0 Å². The molecule has 0 amide bonds. The van der Waals surface area contributed by atoms with Crippen molar-refractivity contribution >= 4 is 5.97 Å². The van der Waals surface area contributed by atoms with E-state index >= 15 is 0 Å². The van der Waals surface area contributed by atoms with Gasteiger partial charge >= 0.3 is 12.1 Å². The standard InChI is InChI=1S/C14H22F3NO2/c15-14(16,17)10-4-6-11(7-5-10)18-8-9-2-1-3-12(9)13(19)20/h9-12,18H,1-8H2,(H,19,20). The molecule has 2 fully saturated rings. The third-order valence-electron chi connectivity index (χ3n) is 4.84. The lowest BCUT2D eigenvalue weighted by atomic mass is 9.85. The summed E-state index contributed by atoms with van der Waals surface area (Å²) in [7, 11) is 0. The molecule has 0 radical (unpaired) electrons. The number of carbonyl (C=O) groups is 1. The number of nitrogens with one attached hydrogen (secondary N) is 1. The van der Waals surface area contributed by atoms with E-state index in [-0.39, 0.29) is 30.7 Å². The van der Waals surface area contributed by atoms with Crippen molar-refractivity contribution < 1.29 is 23.1 Å². The van der Waals surface area contributed by atoms with E-state index in [0.29, 0.717) is 19.4 Å². The summed E-state index contributed by atoms with van der Waals surface area (Å²) < 4.78 is 37.7. The molecule has 0 aromatic heterocycles. The van der Waals surface area contributed by atoms with Gasteiger partial charge in [-0.1, -0.05) is 6.42 Å². The average molecular weight is 293 g/mol. The summed E-state index contributed by atoms with van der Waals surface area (Å²) in [6, 6.07) is 0.114. The Bertz CT molecular complexity index is 338. The number of carboxylic acids is 1. The number of hydrogen-bond donors (Lipinski definition) is 2. The van der Waals surface area contributed by atoms with Crippen LogP contribution >= 0.6 is 0 Å². The summed E-state index contributed by atoms with van der Waals surface area (Å²) in [5.41, 5.74) is 0. The minimum atomic E-state index is -4.06. The Morgan fingerprint density at radius 2 is 1.75 bits per heavy atom. The van der Waals surface area contributed by atoms with Crippen molar-refractivity contribution in [3.05, 3.63) is 0 Å². The maximum atomic E-state index is 12.6. The number of halogens is 3. The summed E-state index contributed by atoms with van der Waals surface area (Å²) in [5, 5.41) is 12.4. The Balaban J connectivity index is 1.72. The van der Waals surface area contributed by atoms with Crippen molar-refractivity contribution in [3.8, 4) is 0 Å². The van der Waals surface area contributed by atoms with Crippen LogP contribution in [0.4, 0.5) is 13.2 Å². The molecule has 0 aliphatic heterocycles. The number of rotatable bonds is 4. The predicted octanol–water partition coefficient (Wildman–Crippen LogP) is 3.20. The minimum Gasteiger partial charge on any atom is -0.481 e. The fourth-order valence-corrected chi connectivity index (χ4v) is 3.55. The highest BCUT2D eigenvalue weighted by atomic mass is 19.4. The first-order chi connectivity index (χ1) is 9.38. The van der Waals surface area contributed by atoms with E-state index in [1.165, 1.54) is 0 Å². The van der Waals surface area contributed by atoms with E-state index in [9.17, 15) is 18.0 Å². The molecule has 2 aliphatic rings. The molecule has 2 unspecified atom stereocenters. The Labute approximate surface area is 116 Å². The molecule has 0 heterocycles. The molecular formula is C14H22F3NO2. The highest BCUT2D eigenvalue weighted by Crippen LogP contribution is 2.38. The first kappa shape index (κ1) is 15.6. The lowest BCUT2D eigenvalue weighted by Crippen LogP contribution is -2.40. The van der Waals surface area contributed by atoms with Crippen LogP contribution in [0.1, 0.15) is 44.9 Å². The third-order valence-corrected chi connectivity index (χ3v) is 4.84. The van der Waals surface area contributed by atoms with Gasteiger partial charge in [0, 0.05) is 6.04 Å². The molecular weight excluding hydrogens is 271 g/mol. The quantitative estimate of drug-likeness (QED) is 0.837. The average Bonchev–Trinajstić information content (AvgIpc) is 2.84. The van der Waals surface area contributed by atoms with Crippen molar-refractivity contribution in [2.45, 2.75) is 57.2 Å². The van der Waals surface area contributed by atoms with Crippen molar-refractivity contribution in [2.75, 3.05) is 6.54 Å². The van der Waals surface area contributed by atoms with Crippen LogP contribution in [0.25, 0.3) is 0 Å². The normalized spacial score (nSPS) is 35.1. The monoisotopic (exact) mass is 293 g/mol. The smallest absolute Gasteiger partial charge is 0.391 e. The fourth-order valence-electron chi connectivity index (χ4n) is 3.55. The lowest BCUT2D eigenvalue weighted by molar-refractivity contribution is -0.182. The van der Waals surface area contributed by atoms with Crippen LogP contribution < -0.4 is 5.32 Å². The molecule has 2 N–H and O–H groups in total. The number of alkyl halides is 3. The number of aliphatic carboxylic acids is 1. The van der Waals surface area contributed by atoms with Gasteiger partial charge in [-0.3, -0.25) is 4.79 Å². The van der Waals surface area contributed by atoms with Crippen molar-refractivity contribution in [2.24, 2.45) is 17.8 Å². The molecule has 0 bridgehead atoms. The van der Waals surface area contributed by atoms with Gasteiger partial charge in [0.2, 0.25) is 0 Å². The van der Waals surface area contributed by atoms with Crippen LogP contribution in [0, 0.1) is 17.8 Å². The van der Waals surface area contributed by atoms with Gasteiger partial charge < -0.3 is 10.4 Å². The minimum absolute atomic E-state index is 0.114. The first-order valence-electron chi connectivity index (χ1n) is 7.41. The SMILES string of the molecule is O=C(O)C1CCCC1CNC1CCC(C(F)(F)F)CC1. The summed E-state index contributed by atoms with van der Waals surface area (Å²) in [6.45, 7) is 0.623. The van der Waals surface area contributed by atoms with Crippen LogP contribution in [-0.2, 0) is 4.79 Å². The van der Waals surface area contributed by atoms with Crippen molar-refractivity contribution in [3.63, 3.8) is 0 Å². The zero-order valence-corrected chi connectivity index (χ0v) is 11.5. The van der Waals surface area contributed by atoms with Gasteiger partial charge in [0.1, 0.15) is 0 Å². The molecule has 2 rings (SSSR count). The molecule has 3 nitrogen and oxygen atoms in total. The maximum absolute atomic E-state index is 12.6. The second kappa shape index (κ2) is 6.33. The number of hydrogen-bond acceptors (Lipinski definition) is 2. The van der Waals surface area contributed by atoms with E-state index in [1.54, 1.807) is 0 Å². The molecule has 2 aliphatic carbocycles.